The standard InChI is InChI=1S/C11H19NO2S/c1-3-10(11-5-4-6-15-11)12-9(7-13)8-14-2/h4-6,9-10,12-13H,3,7-8H2,1-2H3. The second-order valence-electron chi connectivity index (χ2n) is 3.48. The number of aliphatic hydroxyl groups is 1. The lowest BCUT2D eigenvalue weighted by Crippen LogP contribution is -2.38. The highest BCUT2D eigenvalue weighted by atomic mass is 32.1. The number of nitrogens with one attached hydrogen (secondary N) is 1. The molecule has 0 saturated carbocycles. The molecule has 0 aliphatic heterocycles. The van der Waals surface area contributed by atoms with Crippen molar-refractivity contribution in [1.29, 1.82) is 0 Å². The van der Waals surface area contributed by atoms with E-state index in [1.54, 1.807) is 18.4 Å². The zero-order chi connectivity index (χ0) is 11.1. The van der Waals surface area contributed by atoms with Gasteiger partial charge in [0, 0.05) is 18.0 Å². The Labute approximate surface area is 95.1 Å². The number of rotatable bonds is 7. The predicted octanol–water partition coefficient (Wildman–Crippen LogP) is 1.80. The maximum Gasteiger partial charge on any atom is 0.0638 e. The molecule has 4 heteroatoms. The molecule has 15 heavy (non-hydrogen) atoms. The van der Waals surface area contributed by atoms with Crippen molar-refractivity contribution in [3.8, 4) is 0 Å². The molecule has 0 amide bonds. The number of hydrogen-bond donors (Lipinski definition) is 2. The van der Waals surface area contributed by atoms with Crippen molar-refractivity contribution in [3.63, 3.8) is 0 Å². The Morgan fingerprint density at radius 2 is 2.40 bits per heavy atom. The minimum atomic E-state index is 0.0158. The van der Waals surface area contributed by atoms with E-state index in [4.69, 9.17) is 9.84 Å². The summed E-state index contributed by atoms with van der Waals surface area (Å²) in [6.45, 7) is 2.78. The van der Waals surface area contributed by atoms with Crippen molar-refractivity contribution in [1.82, 2.24) is 5.32 Å². The average Bonchev–Trinajstić information content (AvgIpc) is 2.77. The van der Waals surface area contributed by atoms with E-state index in [1.165, 1.54) is 4.88 Å². The first-order valence-corrected chi connectivity index (χ1v) is 6.09. The topological polar surface area (TPSA) is 41.5 Å². The van der Waals surface area contributed by atoms with E-state index < -0.39 is 0 Å². The molecule has 2 N–H and O–H groups in total. The van der Waals surface area contributed by atoms with Crippen molar-refractivity contribution in [2.45, 2.75) is 25.4 Å². The SMILES string of the molecule is CCC(NC(CO)COC)c1cccs1. The number of ether oxygens (including phenoxy) is 1. The Morgan fingerprint density at radius 1 is 1.60 bits per heavy atom. The Morgan fingerprint density at radius 3 is 2.87 bits per heavy atom. The van der Waals surface area contributed by atoms with Gasteiger partial charge in [0.15, 0.2) is 0 Å². The summed E-state index contributed by atoms with van der Waals surface area (Å²) in [5, 5.41) is 14.6. The van der Waals surface area contributed by atoms with Gasteiger partial charge in [-0.15, -0.1) is 11.3 Å². The monoisotopic (exact) mass is 229 g/mol. The highest BCUT2D eigenvalue weighted by Crippen LogP contribution is 2.22. The molecular weight excluding hydrogens is 210 g/mol. The normalized spacial score (nSPS) is 15.1. The molecule has 2 unspecified atom stereocenters. The van der Waals surface area contributed by atoms with Crippen LogP contribution in [0.1, 0.15) is 24.3 Å². The Kier molecular flexibility index (Phi) is 5.86. The molecular formula is C11H19NO2S. The van der Waals surface area contributed by atoms with E-state index in [-0.39, 0.29) is 12.6 Å². The van der Waals surface area contributed by atoms with Crippen LogP contribution in [0.25, 0.3) is 0 Å². The first kappa shape index (κ1) is 12.6. The van der Waals surface area contributed by atoms with Crippen LogP contribution >= 0.6 is 11.3 Å². The number of thiophene rings is 1. The quantitative estimate of drug-likeness (QED) is 0.749. The lowest BCUT2D eigenvalue weighted by molar-refractivity contribution is 0.122. The van der Waals surface area contributed by atoms with Gasteiger partial charge in [0.05, 0.1) is 19.3 Å². The largest absolute Gasteiger partial charge is 0.395 e. The highest BCUT2D eigenvalue weighted by Gasteiger charge is 2.15. The van der Waals surface area contributed by atoms with Crippen LogP contribution in [0.2, 0.25) is 0 Å². The number of hydrogen-bond acceptors (Lipinski definition) is 4. The summed E-state index contributed by atoms with van der Waals surface area (Å²) < 4.78 is 5.04. The molecule has 1 rings (SSSR count). The maximum atomic E-state index is 9.16. The van der Waals surface area contributed by atoms with Gasteiger partial charge in [0.25, 0.3) is 0 Å². The lowest BCUT2D eigenvalue weighted by atomic mass is 10.1. The average molecular weight is 229 g/mol. The fourth-order valence-electron chi connectivity index (χ4n) is 1.53. The molecule has 0 bridgehead atoms. The van der Waals surface area contributed by atoms with Crippen LogP contribution in [-0.2, 0) is 4.74 Å². The molecule has 1 aromatic rings. The van der Waals surface area contributed by atoms with Gasteiger partial charge in [0.1, 0.15) is 0 Å². The number of methoxy groups -OCH3 is 1. The summed E-state index contributed by atoms with van der Waals surface area (Å²) in [7, 11) is 1.65. The third-order valence-electron chi connectivity index (χ3n) is 2.32. The van der Waals surface area contributed by atoms with E-state index >= 15 is 0 Å². The van der Waals surface area contributed by atoms with Crippen LogP contribution < -0.4 is 5.32 Å². The fraction of sp³-hybridized carbons (Fsp3) is 0.636. The van der Waals surface area contributed by atoms with Gasteiger partial charge in [-0.3, -0.25) is 0 Å². The molecule has 3 nitrogen and oxygen atoms in total. The Balaban J connectivity index is 2.52. The van der Waals surface area contributed by atoms with Gasteiger partial charge in [0.2, 0.25) is 0 Å². The molecule has 1 aromatic heterocycles. The highest BCUT2D eigenvalue weighted by molar-refractivity contribution is 7.10. The van der Waals surface area contributed by atoms with E-state index in [9.17, 15) is 0 Å². The molecule has 0 aliphatic carbocycles. The van der Waals surface area contributed by atoms with Crippen LogP contribution in [0.4, 0.5) is 0 Å². The van der Waals surface area contributed by atoms with Crippen LogP contribution in [0.5, 0.6) is 0 Å². The van der Waals surface area contributed by atoms with Crippen molar-refractivity contribution < 1.29 is 9.84 Å². The summed E-state index contributed by atoms with van der Waals surface area (Å²) in [4.78, 5) is 1.31. The van der Waals surface area contributed by atoms with Gasteiger partial charge in [-0.25, -0.2) is 0 Å². The number of aliphatic hydroxyl groups excluding tert-OH is 1. The summed E-state index contributed by atoms with van der Waals surface area (Å²) in [5.74, 6) is 0. The molecule has 86 valence electrons. The Hall–Kier alpha value is -0.420. The molecule has 0 radical (unpaired) electrons. The minimum Gasteiger partial charge on any atom is -0.395 e. The minimum absolute atomic E-state index is 0.0158. The molecule has 0 spiro atoms. The summed E-state index contributed by atoms with van der Waals surface area (Å²) >= 11 is 1.74. The van der Waals surface area contributed by atoms with Crippen molar-refractivity contribution in [3.05, 3.63) is 22.4 Å². The van der Waals surface area contributed by atoms with E-state index in [1.807, 2.05) is 0 Å². The zero-order valence-corrected chi connectivity index (χ0v) is 10.1. The second-order valence-corrected chi connectivity index (χ2v) is 4.46. The lowest BCUT2D eigenvalue weighted by Gasteiger charge is -2.22. The van der Waals surface area contributed by atoms with Crippen LogP contribution in [0.3, 0.4) is 0 Å². The molecule has 2 atom stereocenters. The predicted molar refractivity (Wildman–Crippen MR) is 63.2 cm³/mol. The van der Waals surface area contributed by atoms with Crippen molar-refractivity contribution >= 4 is 11.3 Å². The van der Waals surface area contributed by atoms with Crippen LogP contribution in [-0.4, -0.2) is 31.5 Å². The third kappa shape index (κ3) is 3.91. The first-order chi connectivity index (χ1) is 7.31. The molecule has 1 heterocycles. The third-order valence-corrected chi connectivity index (χ3v) is 3.31. The molecule has 0 fully saturated rings. The summed E-state index contributed by atoms with van der Waals surface area (Å²) in [5.41, 5.74) is 0. The maximum absolute atomic E-state index is 9.16. The Bertz CT molecular complexity index is 251. The van der Waals surface area contributed by atoms with Crippen LogP contribution in [0.15, 0.2) is 17.5 Å². The van der Waals surface area contributed by atoms with Crippen molar-refractivity contribution in [2.24, 2.45) is 0 Å². The molecule has 0 saturated heterocycles. The smallest absolute Gasteiger partial charge is 0.0638 e. The van der Waals surface area contributed by atoms with Gasteiger partial charge >= 0.3 is 0 Å². The van der Waals surface area contributed by atoms with Crippen molar-refractivity contribution in [2.75, 3.05) is 20.3 Å². The van der Waals surface area contributed by atoms with E-state index in [2.05, 4.69) is 29.8 Å². The van der Waals surface area contributed by atoms with E-state index in [0.29, 0.717) is 12.6 Å². The molecule has 0 aliphatic rings. The fourth-order valence-corrected chi connectivity index (χ4v) is 2.40. The van der Waals surface area contributed by atoms with Gasteiger partial charge in [-0.2, -0.15) is 0 Å². The molecule has 0 aromatic carbocycles. The van der Waals surface area contributed by atoms with Gasteiger partial charge < -0.3 is 15.2 Å². The van der Waals surface area contributed by atoms with Crippen LogP contribution in [0, 0.1) is 0 Å². The van der Waals surface area contributed by atoms with E-state index in [0.717, 1.165) is 6.42 Å². The summed E-state index contributed by atoms with van der Waals surface area (Å²) in [6, 6.07) is 4.50. The zero-order valence-electron chi connectivity index (χ0n) is 9.27. The first-order valence-electron chi connectivity index (χ1n) is 5.21. The summed E-state index contributed by atoms with van der Waals surface area (Å²) in [6.07, 6.45) is 1.01. The second kappa shape index (κ2) is 6.95. The van der Waals surface area contributed by atoms with Gasteiger partial charge in [-0.1, -0.05) is 13.0 Å². The van der Waals surface area contributed by atoms with Gasteiger partial charge in [-0.05, 0) is 17.9 Å².